The SMILES string of the molecule is O=C1COc2ccc(C(=O)NCCc3ccc(OC(F)F)cc3)cc2N1. The highest BCUT2D eigenvalue weighted by Gasteiger charge is 2.17. The normalized spacial score (nSPS) is 12.8. The average Bonchev–Trinajstić information content (AvgIpc) is 2.62. The number of benzene rings is 2. The molecule has 0 saturated heterocycles. The summed E-state index contributed by atoms with van der Waals surface area (Å²) in [6, 6.07) is 11.0. The van der Waals surface area contributed by atoms with Crippen LogP contribution in [0, 0.1) is 0 Å². The fourth-order valence-electron chi connectivity index (χ4n) is 2.48. The van der Waals surface area contributed by atoms with Gasteiger partial charge in [0.05, 0.1) is 5.69 Å². The third-order valence-corrected chi connectivity index (χ3v) is 3.72. The van der Waals surface area contributed by atoms with Crippen LogP contribution in [-0.2, 0) is 11.2 Å². The van der Waals surface area contributed by atoms with Crippen molar-refractivity contribution in [2.24, 2.45) is 0 Å². The van der Waals surface area contributed by atoms with Crippen molar-refractivity contribution in [1.82, 2.24) is 5.32 Å². The van der Waals surface area contributed by atoms with Crippen molar-refractivity contribution < 1.29 is 27.8 Å². The largest absolute Gasteiger partial charge is 0.482 e. The smallest absolute Gasteiger partial charge is 0.387 e. The molecule has 3 rings (SSSR count). The Balaban J connectivity index is 1.53. The number of hydrogen-bond donors (Lipinski definition) is 2. The number of ether oxygens (including phenoxy) is 2. The molecule has 26 heavy (non-hydrogen) atoms. The second-order valence-electron chi connectivity index (χ2n) is 5.58. The Morgan fingerprint density at radius 2 is 2.00 bits per heavy atom. The number of fused-ring (bicyclic) bond motifs is 1. The van der Waals surface area contributed by atoms with E-state index in [1.165, 1.54) is 12.1 Å². The molecule has 0 radical (unpaired) electrons. The van der Waals surface area contributed by atoms with E-state index >= 15 is 0 Å². The molecule has 0 aliphatic carbocycles. The summed E-state index contributed by atoms with van der Waals surface area (Å²) in [5, 5.41) is 5.42. The van der Waals surface area contributed by atoms with Gasteiger partial charge in [0.1, 0.15) is 11.5 Å². The molecule has 2 aromatic rings. The fraction of sp³-hybridized carbons (Fsp3) is 0.222. The summed E-state index contributed by atoms with van der Waals surface area (Å²) in [5.41, 5.74) is 1.73. The van der Waals surface area contributed by atoms with Crippen LogP contribution in [0.1, 0.15) is 15.9 Å². The maximum atomic E-state index is 12.2. The third kappa shape index (κ3) is 4.47. The number of hydrogen-bond acceptors (Lipinski definition) is 4. The molecule has 0 spiro atoms. The van der Waals surface area contributed by atoms with Crippen LogP contribution in [0.5, 0.6) is 11.5 Å². The van der Waals surface area contributed by atoms with E-state index in [4.69, 9.17) is 4.74 Å². The van der Waals surface area contributed by atoms with Gasteiger partial charge in [-0.05, 0) is 42.3 Å². The van der Waals surface area contributed by atoms with Crippen LogP contribution < -0.4 is 20.1 Å². The van der Waals surface area contributed by atoms with Crippen molar-refractivity contribution >= 4 is 17.5 Å². The van der Waals surface area contributed by atoms with E-state index < -0.39 is 6.61 Å². The zero-order valence-electron chi connectivity index (χ0n) is 13.6. The van der Waals surface area contributed by atoms with Crippen molar-refractivity contribution in [3.8, 4) is 11.5 Å². The fourth-order valence-corrected chi connectivity index (χ4v) is 2.48. The molecule has 1 heterocycles. The van der Waals surface area contributed by atoms with Gasteiger partial charge >= 0.3 is 6.61 Å². The summed E-state index contributed by atoms with van der Waals surface area (Å²) in [6.45, 7) is -2.53. The van der Waals surface area contributed by atoms with Crippen molar-refractivity contribution in [2.45, 2.75) is 13.0 Å². The van der Waals surface area contributed by atoms with Crippen molar-refractivity contribution in [3.63, 3.8) is 0 Å². The second-order valence-corrected chi connectivity index (χ2v) is 5.58. The molecule has 8 heteroatoms. The van der Waals surface area contributed by atoms with Crippen LogP contribution in [0.2, 0.25) is 0 Å². The lowest BCUT2D eigenvalue weighted by atomic mass is 10.1. The molecule has 0 unspecified atom stereocenters. The molecule has 0 saturated carbocycles. The van der Waals surface area contributed by atoms with Gasteiger partial charge in [0, 0.05) is 12.1 Å². The van der Waals surface area contributed by atoms with E-state index in [1.807, 2.05) is 0 Å². The van der Waals surface area contributed by atoms with Gasteiger partial charge in [0.2, 0.25) is 0 Å². The third-order valence-electron chi connectivity index (χ3n) is 3.72. The predicted molar refractivity (Wildman–Crippen MR) is 89.7 cm³/mol. The van der Waals surface area contributed by atoms with E-state index in [0.717, 1.165) is 5.56 Å². The Morgan fingerprint density at radius 3 is 2.73 bits per heavy atom. The maximum absolute atomic E-state index is 12.2. The van der Waals surface area contributed by atoms with Gasteiger partial charge in [-0.1, -0.05) is 12.1 Å². The average molecular weight is 362 g/mol. The first-order chi connectivity index (χ1) is 12.5. The van der Waals surface area contributed by atoms with Crippen molar-refractivity contribution in [2.75, 3.05) is 18.5 Å². The zero-order valence-corrected chi connectivity index (χ0v) is 13.6. The van der Waals surface area contributed by atoms with Gasteiger partial charge < -0.3 is 20.1 Å². The second kappa shape index (κ2) is 7.81. The van der Waals surface area contributed by atoms with Crippen LogP contribution in [0.4, 0.5) is 14.5 Å². The van der Waals surface area contributed by atoms with Crippen LogP contribution in [0.3, 0.4) is 0 Å². The van der Waals surface area contributed by atoms with Gasteiger partial charge in [0.15, 0.2) is 6.61 Å². The molecular formula is C18H16F2N2O4. The zero-order chi connectivity index (χ0) is 18.5. The number of halogens is 2. The summed E-state index contributed by atoms with van der Waals surface area (Å²) >= 11 is 0. The number of nitrogens with one attached hydrogen (secondary N) is 2. The summed E-state index contributed by atoms with van der Waals surface area (Å²) < 4.78 is 33.7. The summed E-state index contributed by atoms with van der Waals surface area (Å²) in [4.78, 5) is 23.5. The Hall–Kier alpha value is -3.16. The number of anilines is 1. The van der Waals surface area contributed by atoms with Crippen LogP contribution >= 0.6 is 0 Å². The summed E-state index contributed by atoms with van der Waals surface area (Å²) in [5.74, 6) is 0.0537. The van der Waals surface area contributed by atoms with E-state index in [0.29, 0.717) is 30.0 Å². The quantitative estimate of drug-likeness (QED) is 0.828. The number of carbonyl (C=O) groups excluding carboxylic acids is 2. The van der Waals surface area contributed by atoms with Crippen molar-refractivity contribution in [3.05, 3.63) is 53.6 Å². The highest BCUT2D eigenvalue weighted by molar-refractivity contribution is 5.99. The van der Waals surface area contributed by atoms with Crippen LogP contribution in [-0.4, -0.2) is 31.6 Å². The van der Waals surface area contributed by atoms with Crippen LogP contribution in [0.15, 0.2) is 42.5 Å². The molecule has 2 aromatic carbocycles. The minimum absolute atomic E-state index is 0.0420. The molecule has 2 amide bonds. The first-order valence-electron chi connectivity index (χ1n) is 7.90. The van der Waals surface area contributed by atoms with Gasteiger partial charge in [-0.15, -0.1) is 0 Å². The molecule has 136 valence electrons. The van der Waals surface area contributed by atoms with Crippen molar-refractivity contribution in [1.29, 1.82) is 0 Å². The first kappa shape index (κ1) is 17.7. The number of rotatable bonds is 6. The molecule has 0 aromatic heterocycles. The Morgan fingerprint density at radius 1 is 1.23 bits per heavy atom. The molecular weight excluding hydrogens is 346 g/mol. The Bertz CT molecular complexity index is 809. The minimum atomic E-state index is -2.85. The van der Waals surface area contributed by atoms with Gasteiger partial charge in [-0.2, -0.15) is 8.78 Å². The summed E-state index contributed by atoms with van der Waals surface area (Å²) in [6.07, 6.45) is 0.533. The van der Waals surface area contributed by atoms with Crippen LogP contribution in [0.25, 0.3) is 0 Å². The van der Waals surface area contributed by atoms with Gasteiger partial charge in [0.25, 0.3) is 11.8 Å². The highest BCUT2D eigenvalue weighted by Crippen LogP contribution is 2.28. The molecule has 0 atom stereocenters. The predicted octanol–water partition coefficient (Wildman–Crippen LogP) is 2.59. The number of amides is 2. The standard InChI is InChI=1S/C18H16F2N2O4/c19-18(20)26-13-4-1-11(2-5-13)7-8-21-17(24)12-3-6-15-14(9-12)22-16(23)10-25-15/h1-6,9,18H,7-8,10H2,(H,21,24)(H,22,23). The molecule has 1 aliphatic heterocycles. The highest BCUT2D eigenvalue weighted by atomic mass is 19.3. The van der Waals surface area contributed by atoms with E-state index in [2.05, 4.69) is 15.4 Å². The maximum Gasteiger partial charge on any atom is 0.387 e. The van der Waals surface area contributed by atoms with Gasteiger partial charge in [-0.25, -0.2) is 0 Å². The molecule has 0 fully saturated rings. The van der Waals surface area contributed by atoms with Gasteiger partial charge in [-0.3, -0.25) is 9.59 Å². The van der Waals surface area contributed by atoms with E-state index in [9.17, 15) is 18.4 Å². The molecule has 6 nitrogen and oxygen atoms in total. The lowest BCUT2D eigenvalue weighted by Gasteiger charge is -2.18. The number of alkyl halides is 2. The lowest BCUT2D eigenvalue weighted by molar-refractivity contribution is -0.118. The molecule has 1 aliphatic rings. The minimum Gasteiger partial charge on any atom is -0.482 e. The monoisotopic (exact) mass is 362 g/mol. The first-order valence-corrected chi connectivity index (χ1v) is 7.90. The molecule has 0 bridgehead atoms. The number of carbonyl (C=O) groups is 2. The summed E-state index contributed by atoms with van der Waals surface area (Å²) in [7, 11) is 0. The Kier molecular flexibility index (Phi) is 5.31. The Labute approximate surface area is 148 Å². The topological polar surface area (TPSA) is 76.7 Å². The van der Waals surface area contributed by atoms with E-state index in [-0.39, 0.29) is 24.2 Å². The van der Waals surface area contributed by atoms with E-state index in [1.54, 1.807) is 30.3 Å². The molecule has 2 N–H and O–H groups in total. The lowest BCUT2D eigenvalue weighted by Crippen LogP contribution is -2.28.